The molecule has 0 aliphatic rings. The molecule has 5 N–H and O–H groups in total. The Bertz CT molecular complexity index is 1110. The molecule has 31 heavy (non-hydrogen) atoms. The fraction of sp³-hybridized carbons (Fsp3) is 0.286. The molecule has 0 saturated heterocycles. The molecule has 1 amide bonds. The number of nitrogens with zero attached hydrogens (tertiary/aromatic N) is 2. The number of carbonyl (C=O) groups is 1. The maximum Gasteiger partial charge on any atom is 0.270 e. The minimum atomic E-state index is -1.44. The third-order valence-electron chi connectivity index (χ3n) is 4.53. The maximum absolute atomic E-state index is 14.7. The first-order chi connectivity index (χ1) is 14.3. The minimum Gasteiger partial charge on any atom is -0.386 e. The van der Waals surface area contributed by atoms with Crippen molar-refractivity contribution < 1.29 is 23.8 Å². The van der Waals surface area contributed by atoms with Crippen molar-refractivity contribution in [1.82, 2.24) is 9.97 Å². The van der Waals surface area contributed by atoms with Crippen molar-refractivity contribution >= 4 is 28.1 Å². The second kappa shape index (κ2) is 7.95. The molecule has 0 unspecified atom stereocenters. The summed E-state index contributed by atoms with van der Waals surface area (Å²) in [5.41, 5.74) is 2.89. The molecule has 2 heterocycles. The molecule has 0 aliphatic heterocycles. The Balaban J connectivity index is 2.01. The van der Waals surface area contributed by atoms with Crippen LogP contribution in [0.25, 0.3) is 10.6 Å². The first kappa shape index (κ1) is 22.7. The van der Waals surface area contributed by atoms with Gasteiger partial charge in [-0.25, -0.2) is 18.7 Å². The van der Waals surface area contributed by atoms with Crippen molar-refractivity contribution in [2.75, 3.05) is 5.32 Å². The van der Waals surface area contributed by atoms with Gasteiger partial charge in [-0.15, -0.1) is 0 Å². The second-order valence-corrected chi connectivity index (χ2v) is 9.05. The summed E-state index contributed by atoms with van der Waals surface area (Å²) < 4.78 is 29.4. The van der Waals surface area contributed by atoms with Gasteiger partial charge < -0.3 is 21.3 Å². The van der Waals surface area contributed by atoms with Crippen molar-refractivity contribution in [2.24, 2.45) is 5.73 Å². The Morgan fingerprint density at radius 3 is 2.10 bits per heavy atom. The Labute approximate surface area is 181 Å². The number of primary amides is 1. The predicted molar refractivity (Wildman–Crippen MR) is 114 cm³/mol. The summed E-state index contributed by atoms with van der Waals surface area (Å²) in [5.74, 6) is -2.42. The molecule has 164 valence electrons. The molecule has 0 atom stereocenters. The molecule has 0 fully saturated rings. The monoisotopic (exact) mass is 448 g/mol. The van der Waals surface area contributed by atoms with E-state index in [9.17, 15) is 23.8 Å². The topological polar surface area (TPSA) is 121 Å². The zero-order valence-corrected chi connectivity index (χ0v) is 18.1. The summed E-state index contributed by atoms with van der Waals surface area (Å²) in [4.78, 5) is 20.0. The van der Waals surface area contributed by atoms with E-state index in [1.54, 1.807) is 26.0 Å². The average molecular weight is 448 g/mol. The molecular weight excluding hydrogens is 426 g/mol. The third-order valence-corrected chi connectivity index (χ3v) is 5.52. The van der Waals surface area contributed by atoms with E-state index in [0.717, 1.165) is 23.5 Å². The van der Waals surface area contributed by atoms with Gasteiger partial charge in [-0.1, -0.05) is 17.4 Å². The van der Waals surface area contributed by atoms with E-state index in [0.29, 0.717) is 11.4 Å². The van der Waals surface area contributed by atoms with Gasteiger partial charge in [0.15, 0.2) is 5.69 Å². The molecule has 3 aromatic rings. The van der Waals surface area contributed by atoms with Crippen LogP contribution in [0.4, 0.5) is 19.6 Å². The number of thiazole rings is 1. The maximum atomic E-state index is 14.7. The molecule has 10 heteroatoms. The number of pyridine rings is 1. The number of aromatic nitrogens is 2. The number of hydrogen-bond acceptors (Lipinski definition) is 7. The van der Waals surface area contributed by atoms with Crippen LogP contribution >= 0.6 is 11.3 Å². The number of rotatable bonds is 6. The highest BCUT2D eigenvalue weighted by molar-refractivity contribution is 7.19. The second-order valence-electron chi connectivity index (χ2n) is 8.05. The number of carbonyl (C=O) groups excluding carboxylic acids is 1. The highest BCUT2D eigenvalue weighted by Gasteiger charge is 2.25. The van der Waals surface area contributed by atoms with E-state index in [-0.39, 0.29) is 21.3 Å². The summed E-state index contributed by atoms with van der Waals surface area (Å²) in [6.45, 7) is 6.05. The molecule has 0 bridgehead atoms. The lowest BCUT2D eigenvalue weighted by molar-refractivity contribution is 0.0775. The van der Waals surface area contributed by atoms with E-state index < -0.39 is 34.3 Å². The number of benzene rings is 1. The average Bonchev–Trinajstić information content (AvgIpc) is 3.03. The molecule has 0 aliphatic carbocycles. The summed E-state index contributed by atoms with van der Waals surface area (Å²) in [7, 11) is 0. The number of anilines is 2. The van der Waals surface area contributed by atoms with Crippen molar-refractivity contribution in [1.29, 1.82) is 0 Å². The summed E-state index contributed by atoms with van der Waals surface area (Å²) >= 11 is 0.832. The molecule has 1 aromatic carbocycles. The van der Waals surface area contributed by atoms with Gasteiger partial charge in [-0.05, 0) is 51.5 Å². The van der Waals surface area contributed by atoms with E-state index in [4.69, 9.17) is 5.73 Å². The number of hydrogen-bond donors (Lipinski definition) is 4. The van der Waals surface area contributed by atoms with Gasteiger partial charge in [-0.3, -0.25) is 4.79 Å². The van der Waals surface area contributed by atoms with Gasteiger partial charge in [-0.2, -0.15) is 0 Å². The summed E-state index contributed by atoms with van der Waals surface area (Å²) in [6.07, 6.45) is 1.46. The zero-order valence-electron chi connectivity index (χ0n) is 17.3. The van der Waals surface area contributed by atoms with E-state index in [1.165, 1.54) is 20.0 Å². The standard InChI is InChI=1S/C21H22F2N4O3S/c1-20(2,29)10-5-6-14(25-9-10)26-19-16(17(24)28)27-18(31-19)15-12(22)7-11(8-13(15)23)21(3,4)30/h5-9,29-30H,1-4H3,(H2,24,28)(H,25,26). The number of amides is 1. The van der Waals surface area contributed by atoms with Gasteiger partial charge in [0.05, 0.1) is 16.8 Å². The van der Waals surface area contributed by atoms with Gasteiger partial charge in [0, 0.05) is 11.8 Å². The quantitative estimate of drug-likeness (QED) is 0.455. The molecule has 3 rings (SSSR count). The lowest BCUT2D eigenvalue weighted by atomic mass is 9.96. The molecule has 0 spiro atoms. The van der Waals surface area contributed by atoms with Gasteiger partial charge in [0.1, 0.15) is 27.5 Å². The van der Waals surface area contributed by atoms with Crippen molar-refractivity contribution in [3.05, 3.63) is 58.9 Å². The van der Waals surface area contributed by atoms with Crippen LogP contribution in [0.3, 0.4) is 0 Å². The number of halogens is 2. The lowest BCUT2D eigenvalue weighted by Crippen LogP contribution is -2.16. The predicted octanol–water partition coefficient (Wildman–Crippen LogP) is 3.78. The van der Waals surface area contributed by atoms with Crippen LogP contribution in [-0.2, 0) is 11.2 Å². The largest absolute Gasteiger partial charge is 0.386 e. The smallest absolute Gasteiger partial charge is 0.270 e. The highest BCUT2D eigenvalue weighted by atomic mass is 32.1. The van der Waals surface area contributed by atoms with Crippen LogP contribution in [0, 0.1) is 11.6 Å². The van der Waals surface area contributed by atoms with Crippen LogP contribution in [0.5, 0.6) is 0 Å². The van der Waals surface area contributed by atoms with Crippen molar-refractivity contribution in [3.63, 3.8) is 0 Å². The van der Waals surface area contributed by atoms with Crippen LogP contribution in [0.15, 0.2) is 30.5 Å². The third kappa shape index (κ3) is 4.87. The number of nitrogens with one attached hydrogen (secondary N) is 1. The van der Waals surface area contributed by atoms with Crippen LogP contribution < -0.4 is 11.1 Å². The summed E-state index contributed by atoms with van der Waals surface area (Å²) in [6, 6.07) is 5.27. The Hall–Kier alpha value is -2.95. The molecule has 2 aromatic heterocycles. The Morgan fingerprint density at radius 2 is 1.65 bits per heavy atom. The fourth-order valence-electron chi connectivity index (χ4n) is 2.76. The zero-order chi connectivity index (χ0) is 23.1. The van der Waals surface area contributed by atoms with Gasteiger partial charge in [0.25, 0.3) is 5.91 Å². The lowest BCUT2D eigenvalue weighted by Gasteiger charge is -2.18. The highest BCUT2D eigenvalue weighted by Crippen LogP contribution is 2.37. The fourth-order valence-corrected chi connectivity index (χ4v) is 3.78. The van der Waals surface area contributed by atoms with E-state index in [2.05, 4.69) is 15.3 Å². The van der Waals surface area contributed by atoms with E-state index >= 15 is 0 Å². The molecule has 0 radical (unpaired) electrons. The normalized spacial score (nSPS) is 12.1. The first-order valence-electron chi connectivity index (χ1n) is 9.26. The number of aliphatic hydroxyl groups is 2. The number of nitrogens with two attached hydrogens (primary N) is 1. The SMILES string of the molecule is CC(C)(O)c1ccc(Nc2sc(-c3c(F)cc(C(C)(C)O)cc3F)nc2C(N)=O)nc1. The van der Waals surface area contributed by atoms with Crippen molar-refractivity contribution in [3.8, 4) is 10.6 Å². The van der Waals surface area contributed by atoms with Crippen molar-refractivity contribution in [2.45, 2.75) is 38.9 Å². The first-order valence-corrected chi connectivity index (χ1v) is 10.1. The Kier molecular flexibility index (Phi) is 5.83. The van der Waals surface area contributed by atoms with E-state index in [1.807, 2.05) is 0 Å². The molecule has 0 saturated carbocycles. The van der Waals surface area contributed by atoms with Gasteiger partial charge >= 0.3 is 0 Å². The molecular formula is C21H22F2N4O3S. The minimum absolute atomic E-state index is 0.0624. The Morgan fingerprint density at radius 1 is 1.06 bits per heavy atom. The van der Waals surface area contributed by atoms with Gasteiger partial charge in [0.2, 0.25) is 0 Å². The van der Waals surface area contributed by atoms with Crippen LogP contribution in [-0.4, -0.2) is 26.1 Å². The van der Waals surface area contributed by atoms with Crippen LogP contribution in [0.1, 0.15) is 49.3 Å². The summed E-state index contributed by atoms with van der Waals surface area (Å²) in [5, 5.41) is 23.0. The van der Waals surface area contributed by atoms with Crippen LogP contribution in [0.2, 0.25) is 0 Å². The molecule has 7 nitrogen and oxygen atoms in total.